The van der Waals surface area contributed by atoms with E-state index in [2.05, 4.69) is 0 Å². The van der Waals surface area contributed by atoms with Gasteiger partial charge in [0.15, 0.2) is 0 Å². The number of hydrogen-bond donors (Lipinski definition) is 1. The van der Waals surface area contributed by atoms with Gasteiger partial charge in [-0.15, -0.1) is 0 Å². The van der Waals surface area contributed by atoms with Crippen LogP contribution in [0.5, 0.6) is 5.75 Å². The minimum Gasteiger partial charge on any atom is -0.507 e. The van der Waals surface area contributed by atoms with E-state index in [4.69, 9.17) is 0 Å². The van der Waals surface area contributed by atoms with Crippen molar-refractivity contribution in [3.63, 3.8) is 0 Å². The minimum atomic E-state index is -0.411. The van der Waals surface area contributed by atoms with Crippen LogP contribution in [0.15, 0.2) is 30.3 Å². The molecule has 0 fully saturated rings. The lowest BCUT2D eigenvalue weighted by Gasteiger charge is -2.01. The third-order valence-electron chi connectivity index (χ3n) is 2.05. The van der Waals surface area contributed by atoms with Crippen LogP contribution in [0.2, 0.25) is 0 Å². The van der Waals surface area contributed by atoms with Crippen molar-refractivity contribution in [2.45, 2.75) is 0 Å². The number of halogens is 1. The molecule has 0 atom stereocenters. The topological polar surface area (TPSA) is 37.3 Å². The number of fused-ring (bicyclic) bond motifs is 1. The third-order valence-corrected chi connectivity index (χ3v) is 2.05. The molecular formula is C11H7FO2. The van der Waals surface area contributed by atoms with Crippen molar-refractivity contribution in [2.75, 3.05) is 0 Å². The molecule has 0 amide bonds. The van der Waals surface area contributed by atoms with E-state index in [1.54, 1.807) is 6.07 Å². The Morgan fingerprint density at radius 1 is 1.21 bits per heavy atom. The highest BCUT2D eigenvalue weighted by Gasteiger charge is 2.03. The van der Waals surface area contributed by atoms with Gasteiger partial charge in [-0.3, -0.25) is 4.79 Å². The van der Waals surface area contributed by atoms with Crippen LogP contribution in [0.1, 0.15) is 10.4 Å². The maximum absolute atomic E-state index is 12.8. The molecule has 2 rings (SSSR count). The summed E-state index contributed by atoms with van der Waals surface area (Å²) in [6.07, 6.45) is 0.641. The number of carbonyl (C=O) groups is 1. The summed E-state index contributed by atoms with van der Waals surface area (Å²) >= 11 is 0. The molecule has 0 saturated carbocycles. The van der Waals surface area contributed by atoms with Crippen LogP contribution < -0.4 is 0 Å². The molecule has 0 spiro atoms. The quantitative estimate of drug-likeness (QED) is 0.701. The fourth-order valence-corrected chi connectivity index (χ4v) is 1.40. The zero-order chi connectivity index (χ0) is 10.1. The van der Waals surface area contributed by atoms with Crippen LogP contribution in [0.3, 0.4) is 0 Å². The molecule has 0 aliphatic heterocycles. The Balaban J connectivity index is 2.82. The Kier molecular flexibility index (Phi) is 1.93. The first-order valence-electron chi connectivity index (χ1n) is 4.08. The van der Waals surface area contributed by atoms with E-state index >= 15 is 0 Å². The van der Waals surface area contributed by atoms with Crippen LogP contribution in [-0.4, -0.2) is 11.4 Å². The highest BCUT2D eigenvalue weighted by atomic mass is 19.1. The lowest BCUT2D eigenvalue weighted by atomic mass is 10.1. The normalized spacial score (nSPS) is 10.4. The monoisotopic (exact) mass is 190 g/mol. The first-order valence-corrected chi connectivity index (χ1v) is 4.08. The summed E-state index contributed by atoms with van der Waals surface area (Å²) < 4.78 is 12.8. The lowest BCUT2D eigenvalue weighted by molar-refractivity contribution is 0.112. The lowest BCUT2D eigenvalue weighted by Crippen LogP contribution is -1.82. The van der Waals surface area contributed by atoms with E-state index in [1.807, 2.05) is 0 Å². The van der Waals surface area contributed by atoms with Gasteiger partial charge in [0.2, 0.25) is 0 Å². The van der Waals surface area contributed by atoms with E-state index in [-0.39, 0.29) is 5.75 Å². The molecule has 0 aliphatic rings. The molecule has 0 aliphatic carbocycles. The molecule has 2 aromatic carbocycles. The van der Waals surface area contributed by atoms with Gasteiger partial charge in [-0.1, -0.05) is 6.07 Å². The molecule has 0 heterocycles. The number of carbonyl (C=O) groups excluding carboxylic acids is 1. The summed E-state index contributed by atoms with van der Waals surface area (Å²) in [6, 6.07) is 6.96. The average molecular weight is 190 g/mol. The maximum Gasteiger partial charge on any atom is 0.150 e. The first kappa shape index (κ1) is 8.69. The number of aromatic hydroxyl groups is 1. The fourth-order valence-electron chi connectivity index (χ4n) is 1.40. The Hall–Kier alpha value is -1.90. The molecule has 0 aromatic heterocycles. The van der Waals surface area contributed by atoms with E-state index in [0.717, 1.165) is 0 Å². The Morgan fingerprint density at radius 2 is 2.00 bits per heavy atom. The highest BCUT2D eigenvalue weighted by Crippen LogP contribution is 2.26. The van der Waals surface area contributed by atoms with Gasteiger partial charge in [-0.05, 0) is 29.7 Å². The number of rotatable bonds is 1. The first-order chi connectivity index (χ1) is 6.70. The molecule has 70 valence electrons. The van der Waals surface area contributed by atoms with Crippen molar-refractivity contribution in [3.05, 3.63) is 41.7 Å². The SMILES string of the molecule is O=Cc1cc(O)c2cc(F)ccc2c1. The van der Waals surface area contributed by atoms with E-state index in [1.165, 1.54) is 24.3 Å². The average Bonchev–Trinajstić information content (AvgIpc) is 2.19. The molecule has 3 heteroatoms. The second kappa shape index (κ2) is 3.10. The molecule has 2 aromatic rings. The molecule has 0 saturated heterocycles. The molecule has 1 N–H and O–H groups in total. The molecule has 0 bridgehead atoms. The van der Waals surface area contributed by atoms with Gasteiger partial charge in [0, 0.05) is 10.9 Å². The van der Waals surface area contributed by atoms with Crippen molar-refractivity contribution < 1.29 is 14.3 Å². The van der Waals surface area contributed by atoms with E-state index < -0.39 is 5.82 Å². The fraction of sp³-hybridized carbons (Fsp3) is 0. The smallest absolute Gasteiger partial charge is 0.150 e. The van der Waals surface area contributed by atoms with Crippen molar-refractivity contribution >= 4 is 17.1 Å². The number of hydrogen-bond acceptors (Lipinski definition) is 2. The summed E-state index contributed by atoms with van der Waals surface area (Å²) in [4.78, 5) is 10.5. The highest BCUT2D eigenvalue weighted by molar-refractivity contribution is 5.93. The Bertz CT molecular complexity index is 506. The standard InChI is InChI=1S/C11H7FO2/c12-9-2-1-8-3-7(6-13)4-11(14)10(8)5-9/h1-6,14H. The van der Waals surface area contributed by atoms with Gasteiger partial charge in [0.25, 0.3) is 0 Å². The van der Waals surface area contributed by atoms with E-state index in [9.17, 15) is 14.3 Å². The van der Waals surface area contributed by atoms with Gasteiger partial charge >= 0.3 is 0 Å². The van der Waals surface area contributed by atoms with Gasteiger partial charge < -0.3 is 5.11 Å². The van der Waals surface area contributed by atoms with Gasteiger partial charge in [0.05, 0.1) is 0 Å². The predicted molar refractivity (Wildman–Crippen MR) is 51.0 cm³/mol. The van der Waals surface area contributed by atoms with Crippen LogP contribution in [0.25, 0.3) is 10.8 Å². The van der Waals surface area contributed by atoms with Gasteiger partial charge in [0.1, 0.15) is 17.9 Å². The van der Waals surface area contributed by atoms with Crippen molar-refractivity contribution in [1.29, 1.82) is 0 Å². The van der Waals surface area contributed by atoms with Crippen LogP contribution >= 0.6 is 0 Å². The number of phenols is 1. The summed E-state index contributed by atoms with van der Waals surface area (Å²) in [5, 5.41) is 10.5. The zero-order valence-corrected chi connectivity index (χ0v) is 7.20. The Labute approximate surface area is 79.6 Å². The molecule has 0 radical (unpaired) electrons. The van der Waals surface area contributed by atoms with E-state index in [0.29, 0.717) is 22.6 Å². The van der Waals surface area contributed by atoms with Crippen LogP contribution in [-0.2, 0) is 0 Å². The number of aldehydes is 1. The largest absolute Gasteiger partial charge is 0.507 e. The van der Waals surface area contributed by atoms with Crippen LogP contribution in [0, 0.1) is 5.82 Å². The Morgan fingerprint density at radius 3 is 2.71 bits per heavy atom. The summed E-state index contributed by atoms with van der Waals surface area (Å²) in [6.45, 7) is 0. The predicted octanol–water partition coefficient (Wildman–Crippen LogP) is 2.50. The van der Waals surface area contributed by atoms with Gasteiger partial charge in [-0.2, -0.15) is 0 Å². The third kappa shape index (κ3) is 1.33. The van der Waals surface area contributed by atoms with Crippen molar-refractivity contribution in [1.82, 2.24) is 0 Å². The molecule has 2 nitrogen and oxygen atoms in total. The van der Waals surface area contributed by atoms with Crippen LogP contribution in [0.4, 0.5) is 4.39 Å². The molecular weight excluding hydrogens is 183 g/mol. The zero-order valence-electron chi connectivity index (χ0n) is 7.20. The number of phenolic OH excluding ortho intramolecular Hbond substituents is 1. The molecule has 0 unspecified atom stereocenters. The maximum atomic E-state index is 12.8. The summed E-state index contributed by atoms with van der Waals surface area (Å²) in [5.41, 5.74) is 0.376. The van der Waals surface area contributed by atoms with Gasteiger partial charge in [-0.25, -0.2) is 4.39 Å². The molecule has 14 heavy (non-hydrogen) atoms. The summed E-state index contributed by atoms with van der Waals surface area (Å²) in [7, 11) is 0. The second-order valence-corrected chi connectivity index (χ2v) is 3.02. The summed E-state index contributed by atoms with van der Waals surface area (Å²) in [5.74, 6) is -0.490. The number of benzene rings is 2. The van der Waals surface area contributed by atoms with Crippen molar-refractivity contribution in [2.24, 2.45) is 0 Å². The second-order valence-electron chi connectivity index (χ2n) is 3.02. The van der Waals surface area contributed by atoms with Crippen molar-refractivity contribution in [3.8, 4) is 5.75 Å². The minimum absolute atomic E-state index is 0.0795.